The SMILES string of the molecule is CC1(OCC(=O)O)CN(c2cc(Cl)nnc2Cl)C1. The Labute approximate surface area is 113 Å². The summed E-state index contributed by atoms with van der Waals surface area (Å²) in [5.74, 6) is -0.985. The first-order chi connectivity index (χ1) is 8.39. The molecule has 0 spiro atoms. The maximum Gasteiger partial charge on any atom is 0.329 e. The van der Waals surface area contributed by atoms with E-state index in [4.69, 9.17) is 33.0 Å². The van der Waals surface area contributed by atoms with E-state index >= 15 is 0 Å². The number of carboxylic acids is 1. The summed E-state index contributed by atoms with van der Waals surface area (Å²) in [5, 5.41) is 16.4. The van der Waals surface area contributed by atoms with Gasteiger partial charge in [-0.2, -0.15) is 0 Å². The number of rotatable bonds is 4. The lowest BCUT2D eigenvalue weighted by Gasteiger charge is -2.48. The van der Waals surface area contributed by atoms with E-state index in [9.17, 15) is 4.79 Å². The highest BCUT2D eigenvalue weighted by Gasteiger charge is 2.41. The summed E-state index contributed by atoms with van der Waals surface area (Å²) in [7, 11) is 0. The van der Waals surface area contributed by atoms with Crippen LogP contribution in [0.5, 0.6) is 0 Å². The lowest BCUT2D eigenvalue weighted by Crippen LogP contribution is -2.62. The standard InChI is InChI=1S/C10H11Cl2N3O3/c1-10(18-3-8(16)17)4-15(5-10)6-2-7(11)13-14-9(6)12/h2H,3-5H2,1H3,(H,16,17). The summed E-state index contributed by atoms with van der Waals surface area (Å²) in [5.41, 5.74) is 0.186. The molecule has 0 aliphatic carbocycles. The summed E-state index contributed by atoms with van der Waals surface area (Å²) >= 11 is 11.7. The molecule has 1 aromatic heterocycles. The molecule has 2 heterocycles. The molecule has 8 heteroatoms. The van der Waals surface area contributed by atoms with Crippen LogP contribution >= 0.6 is 23.2 Å². The van der Waals surface area contributed by atoms with Crippen LogP contribution in [0.2, 0.25) is 10.3 Å². The summed E-state index contributed by atoms with van der Waals surface area (Å²) in [6, 6.07) is 1.62. The molecular weight excluding hydrogens is 281 g/mol. The van der Waals surface area contributed by atoms with Crippen LogP contribution in [0.4, 0.5) is 5.69 Å². The Hall–Kier alpha value is -1.11. The highest BCUT2D eigenvalue weighted by Crippen LogP contribution is 2.34. The molecule has 98 valence electrons. The second kappa shape index (κ2) is 4.87. The fourth-order valence-corrected chi connectivity index (χ4v) is 2.18. The fourth-order valence-electron chi connectivity index (χ4n) is 1.82. The largest absolute Gasteiger partial charge is 0.480 e. The zero-order valence-electron chi connectivity index (χ0n) is 9.56. The van der Waals surface area contributed by atoms with Gasteiger partial charge in [0.2, 0.25) is 0 Å². The van der Waals surface area contributed by atoms with Gasteiger partial charge in [0, 0.05) is 19.2 Å². The van der Waals surface area contributed by atoms with Crippen LogP contribution in [-0.4, -0.2) is 46.6 Å². The minimum atomic E-state index is -0.985. The van der Waals surface area contributed by atoms with Gasteiger partial charge in [-0.15, -0.1) is 10.2 Å². The summed E-state index contributed by atoms with van der Waals surface area (Å²) in [6.45, 7) is 2.59. The molecule has 1 aromatic rings. The van der Waals surface area contributed by atoms with Gasteiger partial charge < -0.3 is 14.7 Å². The number of nitrogens with zero attached hydrogens (tertiary/aromatic N) is 3. The average molecular weight is 292 g/mol. The molecule has 6 nitrogen and oxygen atoms in total. The van der Waals surface area contributed by atoms with Crippen molar-refractivity contribution in [1.29, 1.82) is 0 Å². The molecule has 1 aliphatic heterocycles. The number of halogens is 2. The minimum Gasteiger partial charge on any atom is -0.480 e. The second-order valence-corrected chi connectivity index (χ2v) is 5.08. The number of ether oxygens (including phenoxy) is 1. The Bertz CT molecular complexity index is 477. The Morgan fingerprint density at radius 1 is 1.56 bits per heavy atom. The number of anilines is 1. The second-order valence-electron chi connectivity index (χ2n) is 4.33. The minimum absolute atomic E-state index is 0.259. The van der Waals surface area contributed by atoms with Crippen molar-refractivity contribution in [2.45, 2.75) is 12.5 Å². The molecule has 0 atom stereocenters. The van der Waals surface area contributed by atoms with Gasteiger partial charge in [0.05, 0.1) is 5.69 Å². The van der Waals surface area contributed by atoms with Crippen LogP contribution < -0.4 is 4.90 Å². The summed E-state index contributed by atoms with van der Waals surface area (Å²) in [6.07, 6.45) is 0. The first kappa shape index (κ1) is 13.3. The highest BCUT2D eigenvalue weighted by atomic mass is 35.5. The first-order valence-corrected chi connectivity index (χ1v) is 5.95. The Morgan fingerprint density at radius 3 is 2.83 bits per heavy atom. The normalized spacial score (nSPS) is 17.4. The summed E-state index contributed by atoms with van der Waals surface area (Å²) < 4.78 is 5.30. The number of aliphatic carboxylic acids is 1. The lowest BCUT2D eigenvalue weighted by atomic mass is 9.96. The van der Waals surface area contributed by atoms with Crippen LogP contribution in [-0.2, 0) is 9.53 Å². The monoisotopic (exact) mass is 291 g/mol. The number of carboxylic acid groups (broad SMARTS) is 1. The Morgan fingerprint density at radius 2 is 2.22 bits per heavy atom. The van der Waals surface area contributed by atoms with Crippen LogP contribution in [0, 0.1) is 0 Å². The molecule has 0 aromatic carbocycles. The van der Waals surface area contributed by atoms with Crippen molar-refractivity contribution in [2.24, 2.45) is 0 Å². The molecule has 0 unspecified atom stereocenters. The third kappa shape index (κ3) is 2.82. The molecule has 0 bridgehead atoms. The predicted octanol–water partition coefficient (Wildman–Crippen LogP) is 1.46. The van der Waals surface area contributed by atoms with E-state index in [0.29, 0.717) is 18.8 Å². The van der Waals surface area contributed by atoms with Crippen molar-refractivity contribution < 1.29 is 14.6 Å². The van der Waals surface area contributed by atoms with Gasteiger partial charge in [-0.1, -0.05) is 23.2 Å². The fraction of sp³-hybridized carbons (Fsp3) is 0.500. The molecule has 2 rings (SSSR count). The van der Waals surface area contributed by atoms with E-state index < -0.39 is 11.6 Å². The van der Waals surface area contributed by atoms with Gasteiger partial charge >= 0.3 is 5.97 Å². The molecule has 18 heavy (non-hydrogen) atoms. The van der Waals surface area contributed by atoms with E-state index in [2.05, 4.69) is 10.2 Å². The van der Waals surface area contributed by atoms with E-state index in [0.717, 1.165) is 0 Å². The summed E-state index contributed by atoms with van der Waals surface area (Å²) in [4.78, 5) is 12.3. The number of aromatic nitrogens is 2. The van der Waals surface area contributed by atoms with Crippen molar-refractivity contribution in [3.05, 3.63) is 16.4 Å². The van der Waals surface area contributed by atoms with Crippen LogP contribution in [0.1, 0.15) is 6.92 Å². The molecule has 1 N–H and O–H groups in total. The molecule has 1 aliphatic rings. The molecule has 0 saturated carbocycles. The van der Waals surface area contributed by atoms with Crippen LogP contribution in [0.25, 0.3) is 0 Å². The molecule has 1 fully saturated rings. The van der Waals surface area contributed by atoms with Gasteiger partial charge in [-0.05, 0) is 6.92 Å². The number of carbonyl (C=O) groups is 1. The van der Waals surface area contributed by atoms with E-state index in [-0.39, 0.29) is 16.9 Å². The molecule has 1 saturated heterocycles. The van der Waals surface area contributed by atoms with Crippen molar-refractivity contribution >= 4 is 34.9 Å². The van der Waals surface area contributed by atoms with Crippen molar-refractivity contribution in [2.75, 3.05) is 24.6 Å². The first-order valence-electron chi connectivity index (χ1n) is 5.19. The third-order valence-corrected chi connectivity index (χ3v) is 3.09. The van der Waals surface area contributed by atoms with Gasteiger partial charge in [-0.3, -0.25) is 0 Å². The Balaban J connectivity index is 1.99. The van der Waals surface area contributed by atoms with Gasteiger partial charge in [0.1, 0.15) is 12.2 Å². The van der Waals surface area contributed by atoms with Gasteiger partial charge in [-0.25, -0.2) is 4.79 Å². The number of hydrogen-bond acceptors (Lipinski definition) is 5. The molecule has 0 radical (unpaired) electrons. The van der Waals surface area contributed by atoms with Crippen LogP contribution in [0.3, 0.4) is 0 Å². The van der Waals surface area contributed by atoms with Crippen molar-refractivity contribution in [3.8, 4) is 0 Å². The van der Waals surface area contributed by atoms with Gasteiger partial charge in [0.25, 0.3) is 0 Å². The Kier molecular flexibility index (Phi) is 3.61. The zero-order valence-corrected chi connectivity index (χ0v) is 11.1. The quantitative estimate of drug-likeness (QED) is 0.905. The van der Waals surface area contributed by atoms with E-state index in [1.54, 1.807) is 6.07 Å². The van der Waals surface area contributed by atoms with Crippen molar-refractivity contribution in [3.63, 3.8) is 0 Å². The zero-order chi connectivity index (χ0) is 13.3. The predicted molar refractivity (Wildman–Crippen MR) is 66.3 cm³/mol. The maximum atomic E-state index is 10.4. The maximum absolute atomic E-state index is 10.4. The van der Waals surface area contributed by atoms with Crippen LogP contribution in [0.15, 0.2) is 6.07 Å². The molecule has 0 amide bonds. The van der Waals surface area contributed by atoms with Gasteiger partial charge in [0.15, 0.2) is 10.3 Å². The number of hydrogen-bond donors (Lipinski definition) is 1. The van der Waals surface area contributed by atoms with E-state index in [1.165, 1.54) is 0 Å². The van der Waals surface area contributed by atoms with Crippen molar-refractivity contribution in [1.82, 2.24) is 10.2 Å². The smallest absolute Gasteiger partial charge is 0.329 e. The average Bonchev–Trinajstić information content (AvgIpc) is 2.26. The topological polar surface area (TPSA) is 75.6 Å². The molecular formula is C10H11Cl2N3O3. The third-order valence-electron chi connectivity index (χ3n) is 2.64. The van der Waals surface area contributed by atoms with E-state index in [1.807, 2.05) is 11.8 Å². The lowest BCUT2D eigenvalue weighted by molar-refractivity contribution is -0.150. The highest BCUT2D eigenvalue weighted by molar-refractivity contribution is 6.33.